The Labute approximate surface area is 104 Å². The average Bonchev–Trinajstić information content (AvgIpc) is 2.58. The molecule has 4 heteroatoms. The molecule has 0 aromatic carbocycles. The van der Waals surface area contributed by atoms with Crippen LogP contribution < -0.4 is 11.1 Å². The van der Waals surface area contributed by atoms with Crippen LogP contribution in [0.1, 0.15) is 46.0 Å². The first kappa shape index (κ1) is 14.5. The van der Waals surface area contributed by atoms with E-state index in [1.807, 2.05) is 0 Å². The monoisotopic (exact) mass is 242 g/mol. The molecule has 0 bridgehead atoms. The summed E-state index contributed by atoms with van der Waals surface area (Å²) < 4.78 is 4.95. The van der Waals surface area contributed by atoms with Crippen LogP contribution in [0, 0.1) is 5.41 Å². The van der Waals surface area contributed by atoms with E-state index in [-0.39, 0.29) is 5.91 Å². The van der Waals surface area contributed by atoms with E-state index in [2.05, 4.69) is 19.2 Å². The Morgan fingerprint density at radius 3 is 2.82 bits per heavy atom. The zero-order valence-electron chi connectivity index (χ0n) is 11.3. The molecular formula is C13H26N2O2. The van der Waals surface area contributed by atoms with Gasteiger partial charge in [0.05, 0.1) is 6.04 Å². The number of amides is 1. The second kappa shape index (κ2) is 6.36. The number of hydrogen-bond donors (Lipinski definition) is 2. The van der Waals surface area contributed by atoms with Crippen molar-refractivity contribution in [3.63, 3.8) is 0 Å². The quantitative estimate of drug-likeness (QED) is 0.693. The van der Waals surface area contributed by atoms with Gasteiger partial charge in [-0.25, -0.2) is 0 Å². The molecule has 2 unspecified atom stereocenters. The van der Waals surface area contributed by atoms with Gasteiger partial charge < -0.3 is 15.8 Å². The minimum absolute atomic E-state index is 0.0104. The molecule has 1 saturated carbocycles. The fourth-order valence-electron chi connectivity index (χ4n) is 2.45. The molecule has 2 atom stereocenters. The first-order valence-electron chi connectivity index (χ1n) is 6.49. The van der Waals surface area contributed by atoms with Crippen LogP contribution in [0.3, 0.4) is 0 Å². The summed E-state index contributed by atoms with van der Waals surface area (Å²) in [5, 5.41) is 3.06. The third-order valence-electron chi connectivity index (χ3n) is 3.52. The fourth-order valence-corrected chi connectivity index (χ4v) is 2.45. The molecule has 4 nitrogen and oxygen atoms in total. The number of methoxy groups -OCH3 is 1. The largest absolute Gasteiger partial charge is 0.385 e. The molecule has 1 amide bonds. The summed E-state index contributed by atoms with van der Waals surface area (Å²) in [7, 11) is 1.66. The van der Waals surface area contributed by atoms with Crippen molar-refractivity contribution in [3.05, 3.63) is 0 Å². The normalized spacial score (nSPS) is 24.6. The van der Waals surface area contributed by atoms with Gasteiger partial charge in [0.15, 0.2) is 0 Å². The zero-order chi connectivity index (χ0) is 12.9. The Hall–Kier alpha value is -0.610. The van der Waals surface area contributed by atoms with Gasteiger partial charge in [0, 0.05) is 19.8 Å². The highest BCUT2D eigenvalue weighted by atomic mass is 16.5. The molecule has 1 aliphatic rings. The Kier molecular flexibility index (Phi) is 5.40. The number of rotatable bonds is 6. The number of carbonyl (C=O) groups excluding carboxylic acids is 1. The Balaban J connectivity index is 2.24. The number of nitrogens with two attached hydrogens (primary N) is 1. The molecule has 100 valence electrons. The summed E-state index contributed by atoms with van der Waals surface area (Å²) in [4.78, 5) is 11.8. The lowest BCUT2D eigenvalue weighted by Crippen LogP contribution is -2.44. The fraction of sp³-hybridized carbons (Fsp3) is 0.923. The summed E-state index contributed by atoms with van der Waals surface area (Å²) in [6.07, 6.45) is 4.83. The summed E-state index contributed by atoms with van der Waals surface area (Å²) in [5.41, 5.74) is 6.20. The molecule has 0 aromatic heterocycles. The number of nitrogens with one attached hydrogen (secondary N) is 1. The van der Waals surface area contributed by atoms with Crippen LogP contribution in [-0.2, 0) is 9.53 Å². The predicted molar refractivity (Wildman–Crippen MR) is 68.6 cm³/mol. The molecular weight excluding hydrogens is 216 g/mol. The molecule has 0 aromatic rings. The second-order valence-electron chi connectivity index (χ2n) is 5.85. The maximum Gasteiger partial charge on any atom is 0.237 e. The Bertz CT molecular complexity index is 254. The van der Waals surface area contributed by atoms with Crippen LogP contribution in [0.5, 0.6) is 0 Å². The first-order chi connectivity index (χ1) is 7.94. The van der Waals surface area contributed by atoms with Crippen molar-refractivity contribution in [2.24, 2.45) is 11.1 Å². The van der Waals surface area contributed by atoms with E-state index in [1.165, 1.54) is 6.42 Å². The maximum atomic E-state index is 11.8. The molecule has 1 aliphatic carbocycles. The van der Waals surface area contributed by atoms with Crippen LogP contribution in [0.4, 0.5) is 0 Å². The van der Waals surface area contributed by atoms with Gasteiger partial charge in [-0.3, -0.25) is 4.79 Å². The first-order valence-corrected chi connectivity index (χ1v) is 6.49. The van der Waals surface area contributed by atoms with Crippen LogP contribution >= 0.6 is 0 Å². The van der Waals surface area contributed by atoms with Gasteiger partial charge >= 0.3 is 0 Å². The highest BCUT2D eigenvalue weighted by Gasteiger charge is 2.32. The van der Waals surface area contributed by atoms with Crippen LogP contribution in [0.2, 0.25) is 0 Å². The van der Waals surface area contributed by atoms with E-state index in [9.17, 15) is 4.79 Å². The SMILES string of the molecule is COCCCC(N)C(=O)NC1CCC(C)(C)C1. The van der Waals surface area contributed by atoms with E-state index in [1.54, 1.807) is 7.11 Å². The predicted octanol–water partition coefficient (Wildman–Crippen LogP) is 1.44. The summed E-state index contributed by atoms with van der Waals surface area (Å²) in [6.45, 7) is 5.16. The third-order valence-corrected chi connectivity index (χ3v) is 3.52. The van der Waals surface area contributed by atoms with Gasteiger partial charge in [0.25, 0.3) is 0 Å². The lowest BCUT2D eigenvalue weighted by Gasteiger charge is -2.19. The highest BCUT2D eigenvalue weighted by Crippen LogP contribution is 2.36. The number of hydrogen-bond acceptors (Lipinski definition) is 3. The lowest BCUT2D eigenvalue weighted by molar-refractivity contribution is -0.123. The van der Waals surface area contributed by atoms with Gasteiger partial charge in [-0.15, -0.1) is 0 Å². The minimum atomic E-state index is -0.395. The van der Waals surface area contributed by atoms with E-state index in [0.717, 1.165) is 19.3 Å². The van der Waals surface area contributed by atoms with Gasteiger partial charge in [-0.05, 0) is 37.5 Å². The maximum absolute atomic E-state index is 11.8. The van der Waals surface area contributed by atoms with Crippen LogP contribution in [0.25, 0.3) is 0 Å². The van der Waals surface area contributed by atoms with Crippen molar-refractivity contribution in [1.82, 2.24) is 5.32 Å². The van der Waals surface area contributed by atoms with Gasteiger partial charge in [0.1, 0.15) is 0 Å². The molecule has 3 N–H and O–H groups in total. The zero-order valence-corrected chi connectivity index (χ0v) is 11.3. The van der Waals surface area contributed by atoms with Crippen molar-refractivity contribution in [2.45, 2.75) is 58.0 Å². The highest BCUT2D eigenvalue weighted by molar-refractivity contribution is 5.81. The molecule has 1 fully saturated rings. The molecule has 0 aliphatic heterocycles. The van der Waals surface area contributed by atoms with Crippen molar-refractivity contribution < 1.29 is 9.53 Å². The number of carbonyl (C=O) groups is 1. The molecule has 0 spiro atoms. The van der Waals surface area contributed by atoms with Crippen LogP contribution in [-0.4, -0.2) is 31.7 Å². The third kappa shape index (κ3) is 5.04. The lowest BCUT2D eigenvalue weighted by atomic mass is 9.92. The van der Waals surface area contributed by atoms with Gasteiger partial charge in [-0.1, -0.05) is 13.8 Å². The molecule has 0 saturated heterocycles. The summed E-state index contributed by atoms with van der Waals surface area (Å²) in [6, 6.07) is -0.0835. The standard InChI is InChI=1S/C13H26N2O2/c1-13(2)7-6-10(9-13)15-12(16)11(14)5-4-8-17-3/h10-11H,4-9,14H2,1-3H3,(H,15,16). The molecule has 17 heavy (non-hydrogen) atoms. The van der Waals surface area contributed by atoms with E-state index < -0.39 is 6.04 Å². The second-order valence-corrected chi connectivity index (χ2v) is 5.85. The summed E-state index contributed by atoms with van der Waals surface area (Å²) >= 11 is 0. The van der Waals surface area contributed by atoms with E-state index in [0.29, 0.717) is 24.5 Å². The van der Waals surface area contributed by atoms with E-state index in [4.69, 9.17) is 10.5 Å². The molecule has 0 heterocycles. The summed E-state index contributed by atoms with van der Waals surface area (Å²) in [5.74, 6) is -0.0104. The molecule has 0 radical (unpaired) electrons. The average molecular weight is 242 g/mol. The van der Waals surface area contributed by atoms with Crippen molar-refractivity contribution >= 4 is 5.91 Å². The number of ether oxygens (including phenoxy) is 1. The van der Waals surface area contributed by atoms with Gasteiger partial charge in [-0.2, -0.15) is 0 Å². The van der Waals surface area contributed by atoms with Crippen molar-refractivity contribution in [1.29, 1.82) is 0 Å². The van der Waals surface area contributed by atoms with Gasteiger partial charge in [0.2, 0.25) is 5.91 Å². The van der Waals surface area contributed by atoms with E-state index >= 15 is 0 Å². The van der Waals surface area contributed by atoms with Crippen molar-refractivity contribution in [3.8, 4) is 0 Å². The topological polar surface area (TPSA) is 64.3 Å². The molecule has 1 rings (SSSR count). The van der Waals surface area contributed by atoms with Crippen LogP contribution in [0.15, 0.2) is 0 Å². The Morgan fingerprint density at radius 1 is 1.59 bits per heavy atom. The minimum Gasteiger partial charge on any atom is -0.385 e. The smallest absolute Gasteiger partial charge is 0.237 e. The Morgan fingerprint density at radius 2 is 2.29 bits per heavy atom. The van der Waals surface area contributed by atoms with Crippen molar-refractivity contribution in [2.75, 3.05) is 13.7 Å².